The Morgan fingerprint density at radius 3 is 2.53 bits per heavy atom. The molecule has 10 heteroatoms. The zero-order chi connectivity index (χ0) is 23.5. The molecule has 0 radical (unpaired) electrons. The molecule has 2 bridgehead atoms. The number of Topliss-reactive ketones (excluding diaryl/α,β-unsaturated/α-hetero) is 2. The Kier molecular flexibility index (Phi) is 5.96. The molecule has 0 aromatic carbocycles. The van der Waals surface area contributed by atoms with Crippen LogP contribution in [0, 0.1) is 17.2 Å². The first-order valence-corrected chi connectivity index (χ1v) is 11.6. The maximum absolute atomic E-state index is 13.6. The fourth-order valence-corrected chi connectivity index (χ4v) is 6.92. The van der Waals surface area contributed by atoms with Crippen LogP contribution in [0.4, 0.5) is 0 Å². The van der Waals surface area contributed by atoms with Gasteiger partial charge in [-0.25, -0.2) is 0 Å². The van der Waals surface area contributed by atoms with E-state index in [9.17, 15) is 29.9 Å². The molecular formula is C22H27N3O6S. The number of nitriles is 1. The molecule has 6 atom stereocenters. The SMILES string of the molecule is COC1=C(SC(C)C)C(=O)C2=C(C[C@H]3[C@H]4[C@H](C(=O)O)C[C@@H](C(C#N)N3[C@H]2CO)N4C)C1=O. The maximum Gasteiger partial charge on any atom is 0.308 e. The summed E-state index contributed by atoms with van der Waals surface area (Å²) in [6, 6.07) is -0.518. The van der Waals surface area contributed by atoms with E-state index < -0.39 is 48.4 Å². The van der Waals surface area contributed by atoms with Gasteiger partial charge in [-0.15, -0.1) is 11.8 Å². The van der Waals surface area contributed by atoms with Crippen LogP contribution in [-0.2, 0) is 19.1 Å². The number of methoxy groups -OCH3 is 1. The van der Waals surface area contributed by atoms with Crippen molar-refractivity contribution >= 4 is 29.3 Å². The number of hydrogen-bond acceptors (Lipinski definition) is 9. The molecule has 32 heavy (non-hydrogen) atoms. The number of carboxylic acids is 1. The monoisotopic (exact) mass is 461 g/mol. The summed E-state index contributed by atoms with van der Waals surface area (Å²) in [5.74, 6) is -2.40. The first-order valence-electron chi connectivity index (χ1n) is 10.7. The molecule has 0 spiro atoms. The fraction of sp³-hybridized carbons (Fsp3) is 0.636. The Bertz CT molecular complexity index is 983. The lowest BCUT2D eigenvalue weighted by Gasteiger charge is -2.54. The second kappa shape index (κ2) is 8.30. The number of aliphatic hydroxyl groups is 1. The van der Waals surface area contributed by atoms with Crippen molar-refractivity contribution in [2.24, 2.45) is 5.92 Å². The van der Waals surface area contributed by atoms with E-state index in [4.69, 9.17) is 4.74 Å². The number of fused-ring (bicyclic) bond motifs is 4. The van der Waals surface area contributed by atoms with Crippen molar-refractivity contribution in [3.8, 4) is 6.07 Å². The number of carbonyl (C=O) groups is 3. The molecule has 9 nitrogen and oxygen atoms in total. The normalized spacial score (nSPS) is 35.2. The Hall–Kier alpha value is -2.19. The molecule has 172 valence electrons. The summed E-state index contributed by atoms with van der Waals surface area (Å²) in [4.78, 5) is 42.9. The quantitative estimate of drug-likeness (QED) is 0.560. The molecule has 1 aliphatic carbocycles. The summed E-state index contributed by atoms with van der Waals surface area (Å²) in [7, 11) is 3.16. The third-order valence-corrected chi connectivity index (χ3v) is 8.19. The van der Waals surface area contributed by atoms with Gasteiger partial charge < -0.3 is 14.9 Å². The van der Waals surface area contributed by atoms with Gasteiger partial charge in [-0.05, 0) is 19.9 Å². The molecule has 0 aromatic heterocycles. The predicted molar refractivity (Wildman–Crippen MR) is 115 cm³/mol. The number of ether oxygens (including phenoxy) is 1. The van der Waals surface area contributed by atoms with Crippen molar-refractivity contribution in [3.05, 3.63) is 21.8 Å². The number of aliphatic hydroxyl groups excluding tert-OH is 1. The number of rotatable bonds is 5. The molecule has 1 unspecified atom stereocenters. The Morgan fingerprint density at radius 2 is 2.00 bits per heavy atom. The van der Waals surface area contributed by atoms with Crippen LogP contribution in [-0.4, -0.2) is 93.8 Å². The molecule has 2 fully saturated rings. The maximum atomic E-state index is 13.6. The minimum absolute atomic E-state index is 0.00216. The average molecular weight is 462 g/mol. The van der Waals surface area contributed by atoms with Crippen LogP contribution in [0.2, 0.25) is 0 Å². The summed E-state index contributed by atoms with van der Waals surface area (Å²) in [6.07, 6.45) is 0.440. The standard InChI is InChI=1S/C22H27N3O6S/c1-9(2)32-21-19(28)16-10(18(27)20(21)31-4)5-13-17-11(22(29)30)6-12(24(17)3)14(7-23)25(13)15(16)8-26/h9,11-15,17,26H,5-6,8H2,1-4H3,(H,29,30)/t11-,12+,13+,14?,15+,17-/m1/s1. The number of nitrogens with zero attached hydrogens (tertiary/aromatic N) is 3. The molecular weight excluding hydrogens is 434 g/mol. The largest absolute Gasteiger partial charge is 0.491 e. The van der Waals surface area contributed by atoms with E-state index in [2.05, 4.69) is 6.07 Å². The van der Waals surface area contributed by atoms with E-state index in [1.165, 1.54) is 18.9 Å². The van der Waals surface area contributed by atoms with E-state index in [1.54, 1.807) is 4.90 Å². The second-order valence-corrected chi connectivity index (χ2v) is 10.6. The van der Waals surface area contributed by atoms with Gasteiger partial charge in [0.2, 0.25) is 11.6 Å². The molecule has 0 aromatic rings. The van der Waals surface area contributed by atoms with Gasteiger partial charge in [0.15, 0.2) is 5.76 Å². The first-order chi connectivity index (χ1) is 15.2. The molecule has 2 N–H and O–H groups in total. The summed E-state index contributed by atoms with van der Waals surface area (Å²) >= 11 is 1.24. The molecule has 4 rings (SSSR count). The molecule has 3 heterocycles. The Labute approximate surface area is 190 Å². The van der Waals surface area contributed by atoms with E-state index >= 15 is 0 Å². The second-order valence-electron chi connectivity index (χ2n) is 8.97. The van der Waals surface area contributed by atoms with Gasteiger partial charge in [0, 0.05) is 34.5 Å². The molecule has 0 amide bonds. The summed E-state index contributed by atoms with van der Waals surface area (Å²) in [5, 5.41) is 30.3. The number of piperazine rings is 1. The number of carbonyl (C=O) groups excluding carboxylic acids is 2. The third kappa shape index (κ3) is 3.14. The fourth-order valence-electron chi connectivity index (χ4n) is 5.95. The van der Waals surface area contributed by atoms with Gasteiger partial charge in [0.05, 0.1) is 31.7 Å². The lowest BCUT2D eigenvalue weighted by atomic mass is 9.76. The lowest BCUT2D eigenvalue weighted by molar-refractivity contribution is -0.144. The van der Waals surface area contributed by atoms with E-state index in [0.717, 1.165) is 0 Å². The summed E-state index contributed by atoms with van der Waals surface area (Å²) in [6.45, 7) is 3.36. The van der Waals surface area contributed by atoms with Crippen LogP contribution in [0.5, 0.6) is 0 Å². The summed E-state index contributed by atoms with van der Waals surface area (Å²) in [5.41, 5.74) is 0.480. The minimum Gasteiger partial charge on any atom is -0.491 e. The minimum atomic E-state index is -0.942. The number of allylic oxidation sites excluding steroid dienone is 2. The number of carboxylic acid groups (broad SMARTS) is 1. The van der Waals surface area contributed by atoms with Crippen LogP contribution < -0.4 is 0 Å². The van der Waals surface area contributed by atoms with Crippen molar-refractivity contribution in [2.75, 3.05) is 20.8 Å². The topological polar surface area (TPSA) is 131 Å². The smallest absolute Gasteiger partial charge is 0.308 e. The Morgan fingerprint density at radius 1 is 1.31 bits per heavy atom. The van der Waals surface area contributed by atoms with Crippen molar-refractivity contribution in [2.45, 2.75) is 62.1 Å². The van der Waals surface area contributed by atoms with Crippen molar-refractivity contribution < 1.29 is 29.3 Å². The van der Waals surface area contributed by atoms with Crippen molar-refractivity contribution in [1.82, 2.24) is 9.80 Å². The predicted octanol–water partition coefficient (Wildman–Crippen LogP) is 0.549. The Balaban J connectivity index is 1.86. The highest BCUT2D eigenvalue weighted by molar-refractivity contribution is 8.04. The van der Waals surface area contributed by atoms with Crippen LogP contribution in [0.15, 0.2) is 21.8 Å². The number of ketones is 2. The van der Waals surface area contributed by atoms with Gasteiger partial charge in [-0.1, -0.05) is 13.8 Å². The number of aliphatic carboxylic acids is 1. The highest BCUT2D eigenvalue weighted by atomic mass is 32.2. The number of thioether (sulfide) groups is 1. The highest BCUT2D eigenvalue weighted by Gasteiger charge is 2.61. The highest BCUT2D eigenvalue weighted by Crippen LogP contribution is 2.49. The lowest BCUT2D eigenvalue weighted by Crippen LogP contribution is -2.69. The van der Waals surface area contributed by atoms with E-state index in [1.807, 2.05) is 25.8 Å². The molecule has 0 saturated carbocycles. The molecule has 3 aliphatic heterocycles. The van der Waals surface area contributed by atoms with Crippen LogP contribution in [0.25, 0.3) is 0 Å². The van der Waals surface area contributed by atoms with Gasteiger partial charge in [-0.2, -0.15) is 5.26 Å². The van der Waals surface area contributed by atoms with Gasteiger partial charge in [0.1, 0.15) is 10.9 Å². The first kappa shape index (κ1) is 23.0. The average Bonchev–Trinajstić information content (AvgIpc) is 3.00. The zero-order valence-corrected chi connectivity index (χ0v) is 19.3. The zero-order valence-electron chi connectivity index (χ0n) is 18.4. The van der Waals surface area contributed by atoms with Gasteiger partial charge in [0.25, 0.3) is 0 Å². The van der Waals surface area contributed by atoms with Crippen LogP contribution in [0.3, 0.4) is 0 Å². The molecule has 2 saturated heterocycles. The number of hydrogen-bond donors (Lipinski definition) is 2. The van der Waals surface area contributed by atoms with Crippen LogP contribution in [0.1, 0.15) is 26.7 Å². The van der Waals surface area contributed by atoms with E-state index in [0.29, 0.717) is 6.42 Å². The van der Waals surface area contributed by atoms with Crippen molar-refractivity contribution in [1.29, 1.82) is 5.26 Å². The summed E-state index contributed by atoms with van der Waals surface area (Å²) < 4.78 is 5.35. The third-order valence-electron chi connectivity index (χ3n) is 7.11. The van der Waals surface area contributed by atoms with Crippen LogP contribution >= 0.6 is 11.8 Å². The van der Waals surface area contributed by atoms with Gasteiger partial charge in [-0.3, -0.25) is 24.2 Å². The van der Waals surface area contributed by atoms with Crippen molar-refractivity contribution in [3.63, 3.8) is 0 Å². The number of likely N-dealkylation sites (N-methyl/N-ethyl adjacent to an activating group) is 1. The molecule has 4 aliphatic rings. The van der Waals surface area contributed by atoms with E-state index in [-0.39, 0.29) is 45.3 Å². The van der Waals surface area contributed by atoms with Gasteiger partial charge >= 0.3 is 5.97 Å².